The largest absolute Gasteiger partial charge is 0.465 e. The Morgan fingerprint density at radius 1 is 1.41 bits per heavy atom. The summed E-state index contributed by atoms with van der Waals surface area (Å²) in [5.74, 6) is 0.501. The van der Waals surface area contributed by atoms with Crippen molar-refractivity contribution in [3.05, 3.63) is 35.9 Å². The Bertz CT molecular complexity index is 360. The van der Waals surface area contributed by atoms with Gasteiger partial charge < -0.3 is 4.74 Å². The molecule has 0 spiro atoms. The first-order valence-corrected chi connectivity index (χ1v) is 6.25. The summed E-state index contributed by atoms with van der Waals surface area (Å²) in [5.41, 5.74) is 1.26. The fourth-order valence-electron chi connectivity index (χ4n) is 2.05. The fraction of sp³-hybridized carbons (Fsp3) is 0.500. The molecule has 92 valence electrons. The van der Waals surface area contributed by atoms with Crippen molar-refractivity contribution in [1.82, 2.24) is 5.32 Å². The van der Waals surface area contributed by atoms with E-state index in [1.165, 1.54) is 18.4 Å². The molecule has 1 unspecified atom stereocenters. The molecule has 1 N–H and O–H groups in total. The lowest BCUT2D eigenvalue weighted by Crippen LogP contribution is -2.30. The highest BCUT2D eigenvalue weighted by Gasteiger charge is 2.32. The van der Waals surface area contributed by atoms with Crippen LogP contribution in [0.25, 0.3) is 0 Å². The molecule has 1 atom stereocenters. The van der Waals surface area contributed by atoms with Crippen LogP contribution in [0.15, 0.2) is 30.3 Å². The number of ether oxygens (including phenoxy) is 1. The van der Waals surface area contributed by atoms with Crippen molar-refractivity contribution in [2.24, 2.45) is 5.92 Å². The smallest absolute Gasteiger partial charge is 0.319 e. The maximum absolute atomic E-state index is 11.3. The predicted octanol–water partition coefficient (Wildman–Crippen LogP) is 2.29. The number of benzene rings is 1. The second-order valence-corrected chi connectivity index (χ2v) is 4.41. The number of carbonyl (C=O) groups is 1. The summed E-state index contributed by atoms with van der Waals surface area (Å²) in [4.78, 5) is 11.3. The number of hydrogen-bond donors (Lipinski definition) is 1. The average molecular weight is 233 g/mol. The van der Waals surface area contributed by atoms with Gasteiger partial charge in [-0.1, -0.05) is 30.3 Å². The van der Waals surface area contributed by atoms with Gasteiger partial charge in [-0.25, -0.2) is 0 Å². The summed E-state index contributed by atoms with van der Waals surface area (Å²) in [5, 5.41) is 3.31. The van der Waals surface area contributed by atoms with Crippen LogP contribution in [-0.4, -0.2) is 19.1 Å². The van der Waals surface area contributed by atoms with Gasteiger partial charge in [0.15, 0.2) is 0 Å². The van der Waals surface area contributed by atoms with Crippen LogP contribution in [0.2, 0.25) is 0 Å². The van der Waals surface area contributed by atoms with Gasteiger partial charge in [-0.05, 0) is 31.2 Å². The zero-order chi connectivity index (χ0) is 12.1. The van der Waals surface area contributed by atoms with Crippen molar-refractivity contribution in [1.29, 1.82) is 0 Å². The number of carbonyl (C=O) groups excluding carboxylic acids is 1. The Kier molecular flexibility index (Phi) is 4.15. The van der Waals surface area contributed by atoms with E-state index in [1.807, 2.05) is 25.1 Å². The second kappa shape index (κ2) is 5.82. The lowest BCUT2D eigenvalue weighted by atomic mass is 10.0. The highest BCUT2D eigenvalue weighted by atomic mass is 16.5. The standard InChI is InChI=1S/C14H19NO2/c1-2-17-13(16)10-15-14(12-8-9-12)11-6-4-3-5-7-11/h3-7,12,14-15H,2,8-10H2,1H3. The molecule has 0 saturated heterocycles. The van der Waals surface area contributed by atoms with Crippen LogP contribution >= 0.6 is 0 Å². The first-order valence-electron chi connectivity index (χ1n) is 6.25. The molecule has 2 rings (SSSR count). The van der Waals surface area contributed by atoms with Gasteiger partial charge in [0.2, 0.25) is 0 Å². The van der Waals surface area contributed by atoms with Crippen molar-refractivity contribution in [2.45, 2.75) is 25.8 Å². The van der Waals surface area contributed by atoms with Crippen molar-refractivity contribution >= 4 is 5.97 Å². The predicted molar refractivity (Wildman–Crippen MR) is 66.5 cm³/mol. The van der Waals surface area contributed by atoms with Crippen LogP contribution in [0.4, 0.5) is 0 Å². The van der Waals surface area contributed by atoms with Crippen molar-refractivity contribution in [3.63, 3.8) is 0 Å². The molecule has 17 heavy (non-hydrogen) atoms. The van der Waals surface area contributed by atoms with E-state index in [0.29, 0.717) is 25.1 Å². The van der Waals surface area contributed by atoms with Gasteiger partial charge in [0.25, 0.3) is 0 Å². The molecule has 3 heteroatoms. The van der Waals surface area contributed by atoms with E-state index in [4.69, 9.17) is 4.74 Å². The Labute approximate surface area is 102 Å². The minimum atomic E-state index is -0.172. The maximum Gasteiger partial charge on any atom is 0.319 e. The third-order valence-corrected chi connectivity index (χ3v) is 3.02. The van der Waals surface area contributed by atoms with E-state index in [-0.39, 0.29) is 5.97 Å². The van der Waals surface area contributed by atoms with Crippen molar-refractivity contribution < 1.29 is 9.53 Å². The molecule has 0 amide bonds. The van der Waals surface area contributed by atoms with Crippen LogP contribution < -0.4 is 5.32 Å². The molecular weight excluding hydrogens is 214 g/mol. The molecule has 0 radical (unpaired) electrons. The average Bonchev–Trinajstić information content (AvgIpc) is 3.16. The minimum absolute atomic E-state index is 0.172. The highest BCUT2D eigenvalue weighted by molar-refractivity contribution is 5.71. The molecular formula is C14H19NO2. The summed E-state index contributed by atoms with van der Waals surface area (Å²) in [6, 6.07) is 10.6. The Morgan fingerprint density at radius 2 is 2.12 bits per heavy atom. The van der Waals surface area contributed by atoms with Crippen LogP contribution in [0.5, 0.6) is 0 Å². The van der Waals surface area contributed by atoms with Gasteiger partial charge in [0, 0.05) is 6.04 Å². The number of nitrogens with one attached hydrogen (secondary N) is 1. The first-order chi connectivity index (χ1) is 8.31. The first kappa shape index (κ1) is 12.1. The summed E-state index contributed by atoms with van der Waals surface area (Å²) >= 11 is 0. The Morgan fingerprint density at radius 3 is 2.71 bits per heavy atom. The molecule has 1 aromatic carbocycles. The van der Waals surface area contributed by atoms with E-state index in [9.17, 15) is 4.79 Å². The van der Waals surface area contributed by atoms with Gasteiger partial charge in [-0.15, -0.1) is 0 Å². The SMILES string of the molecule is CCOC(=O)CNC(c1ccccc1)C1CC1. The van der Waals surface area contributed by atoms with Crippen molar-refractivity contribution in [2.75, 3.05) is 13.2 Å². The van der Waals surface area contributed by atoms with Crippen LogP contribution in [-0.2, 0) is 9.53 Å². The zero-order valence-electron chi connectivity index (χ0n) is 10.2. The molecule has 0 aliphatic heterocycles. The van der Waals surface area contributed by atoms with Gasteiger partial charge in [-0.2, -0.15) is 0 Å². The van der Waals surface area contributed by atoms with E-state index in [2.05, 4.69) is 17.4 Å². The van der Waals surface area contributed by atoms with E-state index >= 15 is 0 Å². The molecule has 1 aromatic rings. The lowest BCUT2D eigenvalue weighted by molar-refractivity contribution is -0.142. The number of rotatable bonds is 6. The third kappa shape index (κ3) is 3.56. The van der Waals surface area contributed by atoms with E-state index < -0.39 is 0 Å². The quantitative estimate of drug-likeness (QED) is 0.766. The van der Waals surface area contributed by atoms with Gasteiger partial charge in [0.1, 0.15) is 0 Å². The summed E-state index contributed by atoms with van der Waals surface area (Å²) in [7, 11) is 0. The van der Waals surface area contributed by atoms with Crippen LogP contribution in [0.3, 0.4) is 0 Å². The maximum atomic E-state index is 11.3. The van der Waals surface area contributed by atoms with Gasteiger partial charge >= 0.3 is 5.97 Å². The highest BCUT2D eigenvalue weighted by Crippen LogP contribution is 2.40. The molecule has 1 saturated carbocycles. The summed E-state index contributed by atoms with van der Waals surface area (Å²) < 4.78 is 4.93. The molecule has 0 bridgehead atoms. The molecule has 1 aliphatic carbocycles. The zero-order valence-corrected chi connectivity index (χ0v) is 10.2. The molecule has 0 aromatic heterocycles. The van der Waals surface area contributed by atoms with Gasteiger partial charge in [-0.3, -0.25) is 10.1 Å². The molecule has 3 nitrogen and oxygen atoms in total. The number of esters is 1. The molecule has 1 fully saturated rings. The monoisotopic (exact) mass is 233 g/mol. The molecule has 1 aliphatic rings. The minimum Gasteiger partial charge on any atom is -0.465 e. The summed E-state index contributed by atoms with van der Waals surface area (Å²) in [6.07, 6.45) is 2.49. The van der Waals surface area contributed by atoms with Crippen LogP contribution in [0.1, 0.15) is 31.4 Å². The topological polar surface area (TPSA) is 38.3 Å². The second-order valence-electron chi connectivity index (χ2n) is 4.41. The normalized spacial score (nSPS) is 16.5. The van der Waals surface area contributed by atoms with Crippen LogP contribution in [0, 0.1) is 5.92 Å². The third-order valence-electron chi connectivity index (χ3n) is 3.02. The summed E-state index contributed by atoms with van der Waals surface area (Å²) in [6.45, 7) is 2.57. The Balaban J connectivity index is 1.92. The fourth-order valence-corrected chi connectivity index (χ4v) is 2.05. The molecule has 0 heterocycles. The Hall–Kier alpha value is -1.35. The van der Waals surface area contributed by atoms with E-state index in [1.54, 1.807) is 0 Å². The van der Waals surface area contributed by atoms with E-state index in [0.717, 1.165) is 0 Å². The van der Waals surface area contributed by atoms with Gasteiger partial charge in [0.05, 0.1) is 13.2 Å². The van der Waals surface area contributed by atoms with Crippen molar-refractivity contribution in [3.8, 4) is 0 Å². The number of hydrogen-bond acceptors (Lipinski definition) is 3. The lowest BCUT2D eigenvalue weighted by Gasteiger charge is -2.18.